The van der Waals surface area contributed by atoms with Crippen molar-refractivity contribution in [1.29, 1.82) is 0 Å². The molecule has 170 valence electrons. The summed E-state index contributed by atoms with van der Waals surface area (Å²) in [5, 5.41) is 3.02. The van der Waals surface area contributed by atoms with E-state index in [0.29, 0.717) is 41.1 Å². The highest BCUT2D eigenvalue weighted by Gasteiger charge is 2.23. The second-order valence-electron chi connectivity index (χ2n) is 8.95. The molecule has 7 heteroatoms. The largest absolute Gasteiger partial charge is 0.383 e. The number of aromatic nitrogens is 1. The van der Waals surface area contributed by atoms with Crippen LogP contribution in [-0.4, -0.2) is 42.5 Å². The summed E-state index contributed by atoms with van der Waals surface area (Å²) >= 11 is 6.46. The molecule has 0 aliphatic carbocycles. The zero-order chi connectivity index (χ0) is 23.1. The Balaban J connectivity index is 1.50. The molecule has 1 amide bonds. The first-order valence-corrected chi connectivity index (χ1v) is 11.6. The molecule has 0 radical (unpaired) electrons. The molecular formula is C26H26ClFN4O. The van der Waals surface area contributed by atoms with Gasteiger partial charge in [0.05, 0.1) is 0 Å². The van der Waals surface area contributed by atoms with E-state index in [0.717, 1.165) is 37.1 Å². The number of nitrogen functional groups attached to an aromatic ring is 1. The van der Waals surface area contributed by atoms with E-state index in [1.165, 1.54) is 11.6 Å². The van der Waals surface area contributed by atoms with Gasteiger partial charge in [-0.3, -0.25) is 4.79 Å². The lowest BCUT2D eigenvalue weighted by Crippen LogP contribution is -2.32. The summed E-state index contributed by atoms with van der Waals surface area (Å²) in [5.74, 6) is -0.0436. The van der Waals surface area contributed by atoms with Crippen LogP contribution in [0.15, 0.2) is 42.5 Å². The number of hydrogen-bond donors (Lipinski definition) is 2. The molecule has 0 saturated carbocycles. The van der Waals surface area contributed by atoms with Crippen molar-refractivity contribution >= 4 is 23.3 Å². The molecular weight excluding hydrogens is 439 g/mol. The lowest BCUT2D eigenvalue weighted by molar-refractivity contribution is 0.0945. The van der Waals surface area contributed by atoms with Gasteiger partial charge in [0.25, 0.3) is 5.91 Å². The van der Waals surface area contributed by atoms with Gasteiger partial charge in [-0.1, -0.05) is 35.9 Å². The van der Waals surface area contributed by atoms with Crippen molar-refractivity contribution in [2.24, 2.45) is 0 Å². The van der Waals surface area contributed by atoms with E-state index in [2.05, 4.69) is 34.4 Å². The molecule has 1 fully saturated rings. The second kappa shape index (κ2) is 8.76. The van der Waals surface area contributed by atoms with Gasteiger partial charge in [-0.2, -0.15) is 0 Å². The van der Waals surface area contributed by atoms with Crippen molar-refractivity contribution < 1.29 is 9.18 Å². The Kier molecular flexibility index (Phi) is 5.81. The van der Waals surface area contributed by atoms with Crippen LogP contribution < -0.4 is 11.1 Å². The first-order chi connectivity index (χ1) is 15.9. The minimum Gasteiger partial charge on any atom is -0.383 e. The number of likely N-dealkylation sites (tertiary alicyclic amines) is 1. The van der Waals surface area contributed by atoms with E-state index < -0.39 is 5.82 Å². The summed E-state index contributed by atoms with van der Waals surface area (Å²) in [4.78, 5) is 18.7. The lowest BCUT2D eigenvalue weighted by Gasteiger charge is -2.29. The minimum atomic E-state index is -0.509. The van der Waals surface area contributed by atoms with Gasteiger partial charge in [0.2, 0.25) is 0 Å². The standard InChI is InChI=1S/C26H26ClFN4O/c1-32-10-7-16(8-11-32)15-2-4-17(5-3-15)19-13-22(25(29)31-24(19)27)21-12-18-6-9-30-26(33)20(18)14-23(21)28/h2-5,12-14,16H,6-11H2,1H3,(H2,29,31)(H,30,33). The smallest absolute Gasteiger partial charge is 0.251 e. The number of fused-ring (bicyclic) bond motifs is 1. The number of amides is 1. The van der Waals surface area contributed by atoms with E-state index in [-0.39, 0.29) is 16.9 Å². The fourth-order valence-electron chi connectivity index (χ4n) is 4.85. The SMILES string of the molecule is CN1CCC(c2ccc(-c3cc(-c4cc5c(cc4F)C(=O)NCC5)c(N)nc3Cl)cc2)CC1. The third kappa shape index (κ3) is 4.21. The number of rotatable bonds is 3. The summed E-state index contributed by atoms with van der Waals surface area (Å²) in [6.07, 6.45) is 2.94. The van der Waals surface area contributed by atoms with Gasteiger partial charge in [0, 0.05) is 28.8 Å². The lowest BCUT2D eigenvalue weighted by atomic mass is 9.88. The first-order valence-electron chi connectivity index (χ1n) is 11.3. The number of pyridine rings is 1. The number of nitrogens with zero attached hydrogens (tertiary/aromatic N) is 2. The third-order valence-electron chi connectivity index (χ3n) is 6.82. The number of nitrogens with two attached hydrogens (primary N) is 1. The molecule has 3 N–H and O–H groups in total. The maximum atomic E-state index is 15.0. The van der Waals surface area contributed by atoms with Gasteiger partial charge >= 0.3 is 0 Å². The normalized spacial score (nSPS) is 17.0. The fraction of sp³-hybridized carbons (Fsp3) is 0.308. The van der Waals surface area contributed by atoms with Crippen molar-refractivity contribution in [1.82, 2.24) is 15.2 Å². The number of piperidine rings is 1. The summed E-state index contributed by atoms with van der Waals surface area (Å²) in [6, 6.07) is 13.2. The molecule has 0 spiro atoms. The van der Waals surface area contributed by atoms with Gasteiger partial charge < -0.3 is 16.0 Å². The number of benzene rings is 2. The highest BCUT2D eigenvalue weighted by Crippen LogP contribution is 2.37. The number of halogens is 2. The highest BCUT2D eigenvalue weighted by molar-refractivity contribution is 6.32. The summed E-state index contributed by atoms with van der Waals surface area (Å²) < 4.78 is 15.0. The molecule has 33 heavy (non-hydrogen) atoms. The van der Waals surface area contributed by atoms with Crippen LogP contribution in [0.2, 0.25) is 5.15 Å². The van der Waals surface area contributed by atoms with Crippen molar-refractivity contribution in [3.63, 3.8) is 0 Å². The quantitative estimate of drug-likeness (QED) is 0.541. The van der Waals surface area contributed by atoms with E-state index in [1.54, 1.807) is 12.1 Å². The molecule has 2 aliphatic heterocycles. The number of nitrogens with one attached hydrogen (secondary N) is 1. The minimum absolute atomic E-state index is 0.158. The van der Waals surface area contributed by atoms with Crippen LogP contribution in [0.5, 0.6) is 0 Å². The number of carbonyl (C=O) groups is 1. The van der Waals surface area contributed by atoms with Crippen LogP contribution in [0.4, 0.5) is 10.2 Å². The van der Waals surface area contributed by atoms with Crippen molar-refractivity contribution in [3.05, 3.63) is 70.1 Å². The molecule has 2 aromatic carbocycles. The van der Waals surface area contributed by atoms with Crippen LogP contribution in [0.3, 0.4) is 0 Å². The van der Waals surface area contributed by atoms with Gasteiger partial charge in [0.15, 0.2) is 0 Å². The van der Waals surface area contributed by atoms with Crippen molar-refractivity contribution in [2.45, 2.75) is 25.2 Å². The first kappa shape index (κ1) is 21.9. The fourth-order valence-corrected chi connectivity index (χ4v) is 5.10. The molecule has 0 atom stereocenters. The Labute approximate surface area is 197 Å². The predicted octanol–water partition coefficient (Wildman–Crippen LogP) is 4.89. The van der Waals surface area contributed by atoms with Crippen molar-refractivity contribution in [3.8, 4) is 22.3 Å². The number of anilines is 1. The Morgan fingerprint density at radius 1 is 1.06 bits per heavy atom. The average molecular weight is 465 g/mol. The Morgan fingerprint density at radius 3 is 2.52 bits per heavy atom. The molecule has 0 unspecified atom stereocenters. The molecule has 1 saturated heterocycles. The summed E-state index contributed by atoms with van der Waals surface area (Å²) in [7, 11) is 2.16. The zero-order valence-electron chi connectivity index (χ0n) is 18.5. The average Bonchev–Trinajstić information content (AvgIpc) is 2.80. The molecule has 2 aliphatic rings. The third-order valence-corrected chi connectivity index (χ3v) is 7.11. The van der Waals surface area contributed by atoms with E-state index >= 15 is 4.39 Å². The van der Waals surface area contributed by atoms with Gasteiger partial charge in [0.1, 0.15) is 16.8 Å². The Morgan fingerprint density at radius 2 is 1.79 bits per heavy atom. The van der Waals surface area contributed by atoms with Crippen LogP contribution >= 0.6 is 11.6 Å². The van der Waals surface area contributed by atoms with Crippen molar-refractivity contribution in [2.75, 3.05) is 32.4 Å². The van der Waals surface area contributed by atoms with E-state index in [4.69, 9.17) is 17.3 Å². The summed E-state index contributed by atoms with van der Waals surface area (Å²) in [5.41, 5.74) is 11.1. The Bertz CT molecular complexity index is 1220. The van der Waals surface area contributed by atoms with Crippen LogP contribution in [0.1, 0.15) is 40.2 Å². The van der Waals surface area contributed by atoms with E-state index in [1.807, 2.05) is 12.1 Å². The topological polar surface area (TPSA) is 71.2 Å². The maximum Gasteiger partial charge on any atom is 0.251 e. The number of carbonyl (C=O) groups excluding carboxylic acids is 1. The van der Waals surface area contributed by atoms with Crippen LogP contribution in [-0.2, 0) is 6.42 Å². The zero-order valence-corrected chi connectivity index (χ0v) is 19.3. The predicted molar refractivity (Wildman–Crippen MR) is 130 cm³/mol. The monoisotopic (exact) mass is 464 g/mol. The Hall–Kier alpha value is -2.96. The highest BCUT2D eigenvalue weighted by atomic mass is 35.5. The van der Waals surface area contributed by atoms with Gasteiger partial charge in [-0.25, -0.2) is 9.37 Å². The maximum absolute atomic E-state index is 15.0. The van der Waals surface area contributed by atoms with Gasteiger partial charge in [-0.15, -0.1) is 0 Å². The summed E-state index contributed by atoms with van der Waals surface area (Å²) in [6.45, 7) is 2.75. The number of hydrogen-bond acceptors (Lipinski definition) is 4. The molecule has 1 aromatic heterocycles. The second-order valence-corrected chi connectivity index (χ2v) is 9.31. The van der Waals surface area contributed by atoms with E-state index in [9.17, 15) is 4.79 Å². The molecule has 5 nitrogen and oxygen atoms in total. The van der Waals surface area contributed by atoms with Crippen LogP contribution in [0, 0.1) is 5.82 Å². The molecule has 5 rings (SSSR count). The molecule has 3 heterocycles. The molecule has 3 aromatic rings. The molecule has 0 bridgehead atoms. The van der Waals surface area contributed by atoms with Gasteiger partial charge in [-0.05, 0) is 80.2 Å². The van der Waals surface area contributed by atoms with Crippen LogP contribution in [0.25, 0.3) is 22.3 Å².